The third-order valence-electron chi connectivity index (χ3n) is 8.17. The lowest BCUT2D eigenvalue weighted by Gasteiger charge is -2.39. The van der Waals surface area contributed by atoms with E-state index in [2.05, 4.69) is 6.58 Å². The summed E-state index contributed by atoms with van der Waals surface area (Å²) in [5.41, 5.74) is 1.47. The van der Waals surface area contributed by atoms with Crippen LogP contribution < -0.4 is 4.90 Å². The lowest BCUT2D eigenvalue weighted by Crippen LogP contribution is -2.58. The largest absolute Gasteiger partial charge is 0.466 e. The number of ether oxygens (including phenoxy) is 1. The molecule has 1 N–H and O–H groups in total. The van der Waals surface area contributed by atoms with Crippen molar-refractivity contribution in [3.05, 3.63) is 77.8 Å². The number of hydrogen-bond donors (Lipinski definition) is 1. The molecule has 3 saturated heterocycles. The van der Waals surface area contributed by atoms with E-state index in [0.29, 0.717) is 30.0 Å². The Morgan fingerprint density at radius 1 is 1.26 bits per heavy atom. The van der Waals surface area contributed by atoms with Crippen molar-refractivity contribution in [2.24, 2.45) is 11.8 Å². The van der Waals surface area contributed by atoms with Crippen LogP contribution in [-0.4, -0.2) is 69.6 Å². The first-order valence-electron chi connectivity index (χ1n) is 13.4. The Labute approximate surface area is 238 Å². The summed E-state index contributed by atoms with van der Waals surface area (Å²) < 4.78 is 4.61. The van der Waals surface area contributed by atoms with Crippen molar-refractivity contribution < 1.29 is 24.2 Å². The molecule has 0 radical (unpaired) electrons. The number of hydrogen-bond acceptors (Lipinski definition) is 6. The number of carbonyl (C=O) groups is 3. The fraction of sp³-hybridized carbons (Fsp3) is 0.433. The number of nitrogens with zero attached hydrogens (tertiary/aromatic N) is 2. The molecule has 2 aromatic carbocycles. The molecule has 0 aliphatic carbocycles. The van der Waals surface area contributed by atoms with Gasteiger partial charge in [-0.25, -0.2) is 0 Å². The van der Waals surface area contributed by atoms with Gasteiger partial charge in [-0.3, -0.25) is 14.4 Å². The Hall–Kier alpha value is -2.81. The molecule has 5 rings (SSSR count). The number of likely N-dealkylation sites (tertiary alicyclic amines) is 1. The van der Waals surface area contributed by atoms with E-state index in [1.165, 1.54) is 0 Å². The highest BCUT2D eigenvalue weighted by molar-refractivity contribution is 8.02. The van der Waals surface area contributed by atoms with Crippen LogP contribution in [0.25, 0.3) is 0 Å². The fourth-order valence-corrected chi connectivity index (χ4v) is 9.09. The monoisotopic (exact) mass is 568 g/mol. The second-order valence-electron chi connectivity index (χ2n) is 10.3. The molecule has 206 valence electrons. The Kier molecular flexibility index (Phi) is 8.08. The van der Waals surface area contributed by atoms with Gasteiger partial charge in [-0.1, -0.05) is 60.1 Å². The third-order valence-corrected chi connectivity index (χ3v) is 10.4. The Morgan fingerprint density at radius 3 is 2.64 bits per heavy atom. The summed E-state index contributed by atoms with van der Waals surface area (Å²) in [7, 11) is 0. The number of anilines is 1. The van der Waals surface area contributed by atoms with Gasteiger partial charge in [0.1, 0.15) is 6.04 Å². The molecule has 2 aromatic rings. The van der Waals surface area contributed by atoms with E-state index in [0.717, 1.165) is 5.56 Å². The first-order chi connectivity index (χ1) is 18.9. The average Bonchev–Trinajstić information content (AvgIpc) is 3.59. The minimum absolute atomic E-state index is 0.0923. The van der Waals surface area contributed by atoms with Crippen LogP contribution in [0.5, 0.6) is 0 Å². The van der Waals surface area contributed by atoms with Crippen LogP contribution in [-0.2, 0) is 25.5 Å². The van der Waals surface area contributed by atoms with Gasteiger partial charge in [0.05, 0.1) is 46.5 Å². The van der Waals surface area contributed by atoms with Crippen LogP contribution >= 0.6 is 23.4 Å². The molecule has 3 aliphatic heterocycles. The molecule has 2 amide bonds. The van der Waals surface area contributed by atoms with E-state index in [-0.39, 0.29) is 42.8 Å². The number of fused-ring (bicyclic) bond motifs is 1. The first kappa shape index (κ1) is 27.7. The zero-order valence-corrected chi connectivity index (χ0v) is 23.4. The predicted octanol–water partition coefficient (Wildman–Crippen LogP) is 4.12. The second-order valence-corrected chi connectivity index (χ2v) is 12.3. The van der Waals surface area contributed by atoms with Crippen molar-refractivity contribution in [3.63, 3.8) is 0 Å². The van der Waals surface area contributed by atoms with Crippen molar-refractivity contribution in [3.8, 4) is 0 Å². The number of aliphatic hydroxyl groups is 1. The molecule has 3 heterocycles. The van der Waals surface area contributed by atoms with Gasteiger partial charge in [-0.05, 0) is 43.9 Å². The van der Waals surface area contributed by atoms with Crippen molar-refractivity contribution in [2.45, 2.75) is 48.3 Å². The van der Waals surface area contributed by atoms with Gasteiger partial charge in [0, 0.05) is 11.8 Å². The number of aliphatic hydroxyl groups excluding tert-OH is 1. The van der Waals surface area contributed by atoms with Gasteiger partial charge < -0.3 is 19.6 Å². The first-order valence-corrected chi connectivity index (χ1v) is 14.6. The molecular formula is C30H33ClN2O5S. The molecule has 1 spiro atoms. The molecular weight excluding hydrogens is 536 g/mol. The molecule has 39 heavy (non-hydrogen) atoms. The van der Waals surface area contributed by atoms with Gasteiger partial charge >= 0.3 is 5.97 Å². The zero-order valence-electron chi connectivity index (χ0n) is 21.9. The lowest BCUT2D eigenvalue weighted by molar-refractivity contribution is -0.154. The predicted molar refractivity (Wildman–Crippen MR) is 153 cm³/mol. The number of para-hydroxylation sites is 1. The van der Waals surface area contributed by atoms with Crippen molar-refractivity contribution in [1.29, 1.82) is 0 Å². The highest BCUT2D eigenvalue weighted by Crippen LogP contribution is 2.67. The number of rotatable bonds is 10. The fourth-order valence-electron chi connectivity index (χ4n) is 6.66. The second kappa shape index (κ2) is 11.4. The summed E-state index contributed by atoms with van der Waals surface area (Å²) in [6, 6.07) is 15.2. The SMILES string of the molecule is C=CCN(C(=O)C1N([C@@H](CO)Cc2ccccc2)C(=O)[C@@H]2[C@@H](C(=O)OCC)[C@H]3CCC12S3)c1ccccc1Cl. The zero-order chi connectivity index (χ0) is 27.7. The Balaban J connectivity index is 1.61. The number of esters is 1. The van der Waals surface area contributed by atoms with Crippen LogP contribution in [0.4, 0.5) is 5.69 Å². The van der Waals surface area contributed by atoms with E-state index >= 15 is 0 Å². The molecule has 0 saturated carbocycles. The van der Waals surface area contributed by atoms with Crippen LogP contribution in [0.1, 0.15) is 25.3 Å². The maximum atomic E-state index is 14.7. The molecule has 2 unspecified atom stereocenters. The molecule has 9 heteroatoms. The van der Waals surface area contributed by atoms with Gasteiger partial charge in [0.2, 0.25) is 5.91 Å². The normalized spacial score (nSPS) is 27.8. The summed E-state index contributed by atoms with van der Waals surface area (Å²) in [5, 5.41) is 10.9. The molecule has 0 aromatic heterocycles. The maximum absolute atomic E-state index is 14.7. The summed E-state index contributed by atoms with van der Waals surface area (Å²) in [6.07, 6.45) is 3.34. The molecule has 3 aliphatic rings. The van der Waals surface area contributed by atoms with Crippen LogP contribution in [0, 0.1) is 11.8 Å². The van der Waals surface area contributed by atoms with Crippen LogP contribution in [0.2, 0.25) is 5.02 Å². The van der Waals surface area contributed by atoms with Gasteiger partial charge in [0.15, 0.2) is 0 Å². The third kappa shape index (κ3) is 4.66. The van der Waals surface area contributed by atoms with Crippen molar-refractivity contribution in [2.75, 3.05) is 24.7 Å². The Bertz CT molecular complexity index is 1260. The van der Waals surface area contributed by atoms with Crippen molar-refractivity contribution in [1.82, 2.24) is 4.90 Å². The number of carbonyl (C=O) groups excluding carboxylic acids is 3. The van der Waals surface area contributed by atoms with Gasteiger partial charge in [-0.2, -0.15) is 0 Å². The number of thioether (sulfide) groups is 1. The number of benzene rings is 2. The Morgan fingerprint density at radius 2 is 1.97 bits per heavy atom. The highest BCUT2D eigenvalue weighted by Gasteiger charge is 2.74. The molecule has 6 atom stereocenters. The topological polar surface area (TPSA) is 87.2 Å². The molecule has 2 bridgehead atoms. The van der Waals surface area contributed by atoms with Gasteiger partial charge in [0.25, 0.3) is 5.91 Å². The number of halogens is 1. The molecule has 7 nitrogen and oxygen atoms in total. The van der Waals surface area contributed by atoms with E-state index in [9.17, 15) is 19.5 Å². The summed E-state index contributed by atoms with van der Waals surface area (Å²) in [5.74, 6) is -2.27. The maximum Gasteiger partial charge on any atom is 0.310 e. The van der Waals surface area contributed by atoms with E-state index in [4.69, 9.17) is 16.3 Å². The van der Waals surface area contributed by atoms with Crippen molar-refractivity contribution >= 4 is 46.8 Å². The van der Waals surface area contributed by atoms with E-state index in [1.807, 2.05) is 36.4 Å². The highest BCUT2D eigenvalue weighted by atomic mass is 35.5. The summed E-state index contributed by atoms with van der Waals surface area (Å²) in [4.78, 5) is 45.3. The van der Waals surface area contributed by atoms with Crippen LogP contribution in [0.3, 0.4) is 0 Å². The van der Waals surface area contributed by atoms with E-state index < -0.39 is 28.7 Å². The number of amides is 2. The average molecular weight is 569 g/mol. The van der Waals surface area contributed by atoms with E-state index in [1.54, 1.807) is 52.8 Å². The summed E-state index contributed by atoms with van der Waals surface area (Å²) in [6.45, 7) is 5.70. The lowest BCUT2D eigenvalue weighted by atomic mass is 9.71. The smallest absolute Gasteiger partial charge is 0.310 e. The molecule has 3 fully saturated rings. The minimum Gasteiger partial charge on any atom is -0.466 e. The summed E-state index contributed by atoms with van der Waals surface area (Å²) >= 11 is 8.11. The van der Waals surface area contributed by atoms with Gasteiger partial charge in [-0.15, -0.1) is 18.3 Å². The minimum atomic E-state index is -0.887. The quantitative estimate of drug-likeness (QED) is 0.343. The standard InChI is InChI=1S/C30H33ClN2O5S/c1-3-16-32(22-13-9-8-12-21(22)31)28(36)26-30-15-14-23(39-30)24(29(37)38-4-2)25(30)27(35)33(26)20(18-34)17-19-10-6-5-7-11-19/h3,5-13,20,23-26,34H,1,4,14-18H2,2H3/t20-,23-,24+,25+,26?,30?/m1/s1. The van der Waals surface area contributed by atoms with Crippen LogP contribution in [0.15, 0.2) is 67.3 Å².